The quantitative estimate of drug-likeness (QED) is 0.694. The monoisotopic (exact) mass is 432 g/mol. The Balaban J connectivity index is 1.96. The maximum atomic E-state index is 13.5. The maximum Gasteiger partial charge on any atom is 0.418 e. The van der Waals surface area contributed by atoms with Crippen molar-refractivity contribution in [2.75, 3.05) is 13.2 Å². The molecule has 30 heavy (non-hydrogen) atoms. The summed E-state index contributed by atoms with van der Waals surface area (Å²) in [6.45, 7) is 0.870. The highest BCUT2D eigenvalue weighted by molar-refractivity contribution is 5.77. The molecule has 0 radical (unpaired) electrons. The molecule has 2 aromatic rings. The van der Waals surface area contributed by atoms with E-state index in [1.165, 1.54) is 0 Å². The molecular weight excluding hydrogens is 414 g/mol. The lowest BCUT2D eigenvalue weighted by Crippen LogP contribution is -2.33. The predicted molar refractivity (Wildman–Crippen MR) is 94.2 cm³/mol. The fraction of sp³-hybridized carbons (Fsp3) is 0.400. The molecule has 1 aromatic carbocycles. The fourth-order valence-corrected chi connectivity index (χ4v) is 3.29. The number of amides is 1. The third-order valence-electron chi connectivity index (χ3n) is 4.79. The average Bonchev–Trinajstić information content (AvgIpc) is 3.18. The third kappa shape index (κ3) is 5.29. The third-order valence-corrected chi connectivity index (χ3v) is 4.79. The molecule has 2 atom stereocenters. The van der Waals surface area contributed by atoms with E-state index in [4.69, 9.17) is 4.74 Å². The Morgan fingerprint density at radius 2 is 1.80 bits per heavy atom. The summed E-state index contributed by atoms with van der Waals surface area (Å²) in [5.74, 6) is -0.599. The lowest BCUT2D eigenvalue weighted by molar-refractivity contribution is -0.139. The van der Waals surface area contributed by atoms with E-state index in [2.05, 4.69) is 10.3 Å². The lowest BCUT2D eigenvalue weighted by atomic mass is 9.96. The molecule has 4 nitrogen and oxygen atoms in total. The Bertz CT molecular complexity index is 874. The van der Waals surface area contributed by atoms with Crippen molar-refractivity contribution in [2.24, 2.45) is 5.92 Å². The van der Waals surface area contributed by atoms with Crippen molar-refractivity contribution >= 4 is 5.91 Å². The zero-order chi connectivity index (χ0) is 21.9. The van der Waals surface area contributed by atoms with Crippen LogP contribution in [0.15, 0.2) is 42.6 Å². The van der Waals surface area contributed by atoms with Crippen molar-refractivity contribution < 1.29 is 35.9 Å². The Morgan fingerprint density at radius 1 is 1.10 bits per heavy atom. The zero-order valence-electron chi connectivity index (χ0n) is 15.6. The molecule has 1 saturated heterocycles. The molecule has 1 aliphatic heterocycles. The highest BCUT2D eigenvalue weighted by atomic mass is 19.4. The van der Waals surface area contributed by atoms with Gasteiger partial charge in [-0.05, 0) is 42.2 Å². The molecule has 0 spiro atoms. The predicted octanol–water partition coefficient (Wildman–Crippen LogP) is 4.75. The van der Waals surface area contributed by atoms with Gasteiger partial charge in [0.1, 0.15) is 0 Å². The van der Waals surface area contributed by atoms with Crippen molar-refractivity contribution in [3.05, 3.63) is 65.0 Å². The van der Waals surface area contributed by atoms with E-state index in [0.717, 1.165) is 42.6 Å². The van der Waals surface area contributed by atoms with Crippen LogP contribution in [0.5, 0.6) is 0 Å². The number of nitrogens with one attached hydrogen (secondary N) is 1. The van der Waals surface area contributed by atoms with E-state index in [1.54, 1.807) is 0 Å². The first-order valence-electron chi connectivity index (χ1n) is 9.12. The Kier molecular flexibility index (Phi) is 6.35. The second-order valence-corrected chi connectivity index (χ2v) is 6.99. The summed E-state index contributed by atoms with van der Waals surface area (Å²) < 4.78 is 84.2. The summed E-state index contributed by atoms with van der Waals surface area (Å²) >= 11 is 0. The number of hydrogen-bond acceptors (Lipinski definition) is 3. The van der Waals surface area contributed by atoms with E-state index >= 15 is 0 Å². The van der Waals surface area contributed by atoms with Crippen LogP contribution in [0.3, 0.4) is 0 Å². The number of carbonyl (C=O) groups is 1. The van der Waals surface area contributed by atoms with Gasteiger partial charge < -0.3 is 10.1 Å². The number of aromatic nitrogens is 1. The van der Waals surface area contributed by atoms with Crippen LogP contribution in [0.1, 0.15) is 41.3 Å². The molecule has 0 saturated carbocycles. The molecule has 2 heterocycles. The highest BCUT2D eigenvalue weighted by Gasteiger charge is 2.37. The van der Waals surface area contributed by atoms with Gasteiger partial charge in [-0.3, -0.25) is 9.78 Å². The number of ether oxygens (including phenoxy) is 1. The topological polar surface area (TPSA) is 51.2 Å². The normalized spacial score (nSPS) is 18.3. The lowest BCUT2D eigenvalue weighted by Gasteiger charge is -2.23. The smallest absolute Gasteiger partial charge is 0.381 e. The van der Waals surface area contributed by atoms with Gasteiger partial charge in [0.05, 0.1) is 22.9 Å². The minimum atomic E-state index is -4.75. The van der Waals surface area contributed by atoms with Gasteiger partial charge in [-0.2, -0.15) is 26.3 Å². The summed E-state index contributed by atoms with van der Waals surface area (Å²) in [6, 6.07) is 4.16. The van der Waals surface area contributed by atoms with Gasteiger partial charge in [0.15, 0.2) is 0 Å². The van der Waals surface area contributed by atoms with Crippen LogP contribution in [-0.2, 0) is 21.9 Å². The molecule has 0 aliphatic carbocycles. The second kappa shape index (κ2) is 8.63. The molecule has 1 N–H and O–H groups in total. The first-order chi connectivity index (χ1) is 14.1. The first kappa shape index (κ1) is 22.1. The summed E-state index contributed by atoms with van der Waals surface area (Å²) in [7, 11) is 0. The molecule has 162 valence electrons. The summed E-state index contributed by atoms with van der Waals surface area (Å²) in [6.07, 6.45) is -7.53. The molecular formula is C20H18F6N2O2. The summed E-state index contributed by atoms with van der Waals surface area (Å²) in [5, 5.41) is 2.51. The number of nitrogens with zero attached hydrogens (tertiary/aromatic N) is 1. The van der Waals surface area contributed by atoms with Crippen LogP contribution >= 0.6 is 0 Å². The van der Waals surface area contributed by atoms with E-state index in [1.807, 2.05) is 0 Å². The number of rotatable bonds is 5. The Hall–Kier alpha value is -2.62. The zero-order valence-corrected chi connectivity index (χ0v) is 15.6. The second-order valence-electron chi connectivity index (χ2n) is 6.99. The van der Waals surface area contributed by atoms with Gasteiger partial charge in [0.2, 0.25) is 5.91 Å². The van der Waals surface area contributed by atoms with Gasteiger partial charge in [0, 0.05) is 25.8 Å². The van der Waals surface area contributed by atoms with Crippen LogP contribution in [-0.4, -0.2) is 24.1 Å². The molecule has 3 rings (SSSR count). The van der Waals surface area contributed by atoms with E-state index < -0.39 is 41.1 Å². The van der Waals surface area contributed by atoms with Crippen molar-refractivity contribution in [3.8, 4) is 0 Å². The van der Waals surface area contributed by atoms with E-state index in [-0.39, 0.29) is 17.9 Å². The molecule has 0 bridgehead atoms. The van der Waals surface area contributed by atoms with Crippen LogP contribution in [0.25, 0.3) is 0 Å². The molecule has 1 fully saturated rings. The minimum absolute atomic E-state index is 0.0331. The largest absolute Gasteiger partial charge is 0.418 e. The van der Waals surface area contributed by atoms with Crippen LogP contribution in [0.4, 0.5) is 26.3 Å². The van der Waals surface area contributed by atoms with Crippen LogP contribution in [0.2, 0.25) is 0 Å². The van der Waals surface area contributed by atoms with Crippen LogP contribution < -0.4 is 5.32 Å². The molecule has 10 heteroatoms. The summed E-state index contributed by atoms with van der Waals surface area (Å²) in [4.78, 5) is 16.3. The van der Waals surface area contributed by atoms with Crippen molar-refractivity contribution in [1.82, 2.24) is 10.3 Å². The van der Waals surface area contributed by atoms with Crippen molar-refractivity contribution in [3.63, 3.8) is 0 Å². The standard InChI is InChI=1S/C20H18F6N2O2/c21-19(22,23)14-5-3-13(4-6-14)17(28-16(29)10-12-7-9-30-11-12)18-15(20(24,25)26)2-1-8-27-18/h1-6,8,12,17H,7,9-11H2,(H,28,29). The number of hydrogen-bond donors (Lipinski definition) is 1. The van der Waals surface area contributed by atoms with E-state index in [9.17, 15) is 31.1 Å². The van der Waals surface area contributed by atoms with Gasteiger partial charge >= 0.3 is 12.4 Å². The first-order valence-corrected chi connectivity index (χ1v) is 9.12. The number of alkyl halides is 6. The highest BCUT2D eigenvalue weighted by Crippen LogP contribution is 2.36. The maximum absolute atomic E-state index is 13.5. The fourth-order valence-electron chi connectivity index (χ4n) is 3.29. The number of halogens is 6. The number of carbonyl (C=O) groups excluding carboxylic acids is 1. The number of benzene rings is 1. The summed E-state index contributed by atoms with van der Waals surface area (Å²) in [5.41, 5.74) is -2.44. The van der Waals surface area contributed by atoms with Crippen LogP contribution in [0, 0.1) is 5.92 Å². The minimum Gasteiger partial charge on any atom is -0.381 e. The Morgan fingerprint density at radius 3 is 2.37 bits per heavy atom. The van der Waals surface area contributed by atoms with Gasteiger partial charge in [-0.25, -0.2) is 0 Å². The van der Waals surface area contributed by atoms with Gasteiger partial charge in [-0.1, -0.05) is 12.1 Å². The van der Waals surface area contributed by atoms with Crippen molar-refractivity contribution in [2.45, 2.75) is 31.2 Å². The molecule has 1 aliphatic rings. The number of pyridine rings is 1. The SMILES string of the molecule is O=C(CC1CCOC1)NC(c1ccc(C(F)(F)F)cc1)c1ncccc1C(F)(F)F. The molecule has 1 aromatic heterocycles. The van der Waals surface area contributed by atoms with Gasteiger partial charge in [-0.15, -0.1) is 0 Å². The van der Waals surface area contributed by atoms with Crippen molar-refractivity contribution in [1.29, 1.82) is 0 Å². The molecule has 1 amide bonds. The average molecular weight is 432 g/mol. The molecule has 2 unspecified atom stereocenters. The van der Waals surface area contributed by atoms with Gasteiger partial charge in [0.25, 0.3) is 0 Å². The Labute approximate surface area is 168 Å². The van der Waals surface area contributed by atoms with E-state index in [0.29, 0.717) is 19.6 Å².